The fraction of sp³-hybridized carbons (Fsp3) is 0. The summed E-state index contributed by atoms with van der Waals surface area (Å²) in [5.74, 6) is 0.892. The van der Waals surface area contributed by atoms with Gasteiger partial charge < -0.3 is 4.57 Å². The predicted octanol–water partition coefficient (Wildman–Crippen LogP) is 7.27. The molecule has 0 amide bonds. The van der Waals surface area contributed by atoms with Crippen LogP contribution < -0.4 is 18.6 Å². The van der Waals surface area contributed by atoms with Gasteiger partial charge in [-0.3, -0.25) is 0 Å². The molecule has 1 aliphatic carbocycles. The number of halogens is 1. The van der Waals surface area contributed by atoms with Crippen molar-refractivity contribution in [3.63, 3.8) is 0 Å². The van der Waals surface area contributed by atoms with E-state index in [1.807, 2.05) is 54.6 Å². The Morgan fingerprint density at radius 3 is 1.64 bits per heavy atom. The summed E-state index contributed by atoms with van der Waals surface area (Å²) in [4.78, 5) is 0. The second-order valence-corrected chi connectivity index (χ2v) is 12.3. The SMILES string of the molecule is S=c1cccc2n(-c3ccccc3)c3ccccc3cc1-2.[O-][Cl+3]([O-])([O-])[O-].c1ccc(-c2cc[o+]c(-c3ccccc3)c2-c2ccccc2)cc1. The van der Waals surface area contributed by atoms with Gasteiger partial charge in [-0.1, -0.05) is 134 Å². The van der Waals surface area contributed by atoms with Gasteiger partial charge in [0.1, 0.15) is 0 Å². The minimum atomic E-state index is -4.94. The number of fused-ring (bicyclic) bond motifs is 2. The summed E-state index contributed by atoms with van der Waals surface area (Å²) in [6.07, 6.45) is 1.77. The van der Waals surface area contributed by atoms with Crippen molar-refractivity contribution >= 4 is 23.1 Å². The smallest absolute Gasteiger partial charge is 0.309 e. The van der Waals surface area contributed by atoms with E-state index in [0.29, 0.717) is 0 Å². The average molecular weight is 696 g/mol. The summed E-state index contributed by atoms with van der Waals surface area (Å²) < 4.78 is 43.1. The first kappa shape index (κ1) is 34.4. The molecular weight excluding hydrogens is 666 g/mol. The first-order valence-corrected chi connectivity index (χ1v) is 17.2. The van der Waals surface area contributed by atoms with E-state index >= 15 is 0 Å². The van der Waals surface area contributed by atoms with Crippen LogP contribution in [0.25, 0.3) is 61.4 Å². The molecule has 6 nitrogen and oxygen atoms in total. The Kier molecular flexibility index (Phi) is 10.9. The van der Waals surface area contributed by atoms with Crippen molar-refractivity contribution in [3.05, 3.63) is 187 Å². The molecule has 0 atom stereocenters. The Balaban J connectivity index is 0.000000154. The lowest BCUT2D eigenvalue weighted by Crippen LogP contribution is -2.68. The highest BCUT2D eigenvalue weighted by Gasteiger charge is 2.23. The van der Waals surface area contributed by atoms with Crippen molar-refractivity contribution in [2.45, 2.75) is 0 Å². The molecule has 8 rings (SSSR count). The number of hydrogen-bond donors (Lipinski definition) is 0. The third-order valence-corrected chi connectivity index (χ3v) is 8.23. The zero-order chi connectivity index (χ0) is 34.9. The van der Waals surface area contributed by atoms with Gasteiger partial charge in [0.05, 0.1) is 22.3 Å². The minimum Gasteiger partial charge on any atom is -0.309 e. The van der Waals surface area contributed by atoms with Crippen molar-refractivity contribution in [3.8, 4) is 50.5 Å². The van der Waals surface area contributed by atoms with Crippen LogP contribution in [0.15, 0.2) is 187 Å². The molecule has 2 heterocycles. The average Bonchev–Trinajstić information content (AvgIpc) is 3.15. The van der Waals surface area contributed by atoms with Gasteiger partial charge in [-0.05, 0) is 65.0 Å². The molecule has 0 radical (unpaired) electrons. The van der Waals surface area contributed by atoms with E-state index in [4.69, 9.17) is 35.3 Å². The zero-order valence-electron chi connectivity index (χ0n) is 26.6. The van der Waals surface area contributed by atoms with Gasteiger partial charge in [-0.2, -0.15) is 0 Å². The van der Waals surface area contributed by atoms with Crippen LogP contribution in [0.1, 0.15) is 0 Å². The molecule has 0 spiro atoms. The largest absolute Gasteiger partial charge is 0.368 e. The Bertz CT molecular complexity index is 2270. The predicted molar refractivity (Wildman–Crippen MR) is 190 cm³/mol. The standard InChI is InChI=1S/C23H17O.C19H13NS.ClHO4/c1-4-10-18(11-5-1)21-16-17-24-23(20-14-8-3-9-15-20)22(21)19-12-6-2-7-13-19;21-19-12-6-11-18-16(19)13-14-7-4-5-10-17(14)20(18)15-8-2-1-3-9-15;2-1(3,4)5/h1-17H;1-13H;(H,2,3,4,5)/q+1;;/p-1. The molecule has 8 heteroatoms. The fourth-order valence-corrected chi connectivity index (χ4v) is 6.05. The first-order chi connectivity index (χ1) is 24.3. The number of para-hydroxylation sites is 2. The minimum absolute atomic E-state index is 0.892. The second-order valence-electron chi connectivity index (χ2n) is 11.1. The van der Waals surface area contributed by atoms with Crippen LogP contribution in [0, 0.1) is 14.8 Å². The Morgan fingerprint density at radius 1 is 0.500 bits per heavy atom. The highest BCUT2D eigenvalue weighted by atomic mass is 35.7. The maximum atomic E-state index is 8.49. The lowest BCUT2D eigenvalue weighted by Gasteiger charge is -2.19. The summed E-state index contributed by atoms with van der Waals surface area (Å²) in [5.41, 5.74) is 10.3. The summed E-state index contributed by atoms with van der Waals surface area (Å²) in [7, 11) is -4.94. The molecule has 6 aromatic rings. The summed E-state index contributed by atoms with van der Waals surface area (Å²) >= 11 is 5.51. The molecule has 0 fully saturated rings. The summed E-state index contributed by atoms with van der Waals surface area (Å²) in [6.45, 7) is 0. The van der Waals surface area contributed by atoms with Gasteiger partial charge in [0.2, 0.25) is 0 Å². The Labute approximate surface area is 297 Å². The van der Waals surface area contributed by atoms with E-state index in [9.17, 15) is 0 Å². The maximum Gasteiger partial charge on any atom is 0.368 e. The van der Waals surface area contributed by atoms with Gasteiger partial charge in [-0.15, -0.1) is 10.2 Å². The molecule has 5 aromatic carbocycles. The van der Waals surface area contributed by atoms with Crippen LogP contribution in [-0.2, 0) is 0 Å². The quantitative estimate of drug-likeness (QED) is 0.109. The van der Waals surface area contributed by atoms with Crippen molar-refractivity contribution in [1.82, 2.24) is 4.57 Å². The molecule has 2 aliphatic rings. The molecule has 0 bridgehead atoms. The van der Waals surface area contributed by atoms with Crippen molar-refractivity contribution < 1.29 is 33.3 Å². The molecule has 0 N–H and O–H groups in total. The van der Waals surface area contributed by atoms with Gasteiger partial charge in [0, 0.05) is 27.4 Å². The lowest BCUT2D eigenvalue weighted by atomic mass is 9.92. The monoisotopic (exact) mass is 695 g/mol. The third-order valence-electron chi connectivity index (χ3n) is 7.88. The molecule has 1 aliphatic heterocycles. The summed E-state index contributed by atoms with van der Waals surface area (Å²) in [6, 6.07) is 60.3. The van der Waals surface area contributed by atoms with E-state index in [1.165, 1.54) is 22.0 Å². The second kappa shape index (κ2) is 15.8. The maximum absolute atomic E-state index is 8.49. The number of aromatic nitrogens is 1. The normalized spacial score (nSPS) is 10.9. The van der Waals surface area contributed by atoms with E-state index in [-0.39, 0.29) is 0 Å². The molecule has 1 aromatic heterocycles. The zero-order valence-corrected chi connectivity index (χ0v) is 28.2. The molecule has 50 heavy (non-hydrogen) atoms. The van der Waals surface area contributed by atoms with Crippen LogP contribution in [0.5, 0.6) is 0 Å². The van der Waals surface area contributed by atoms with Gasteiger partial charge in [0.15, 0.2) is 0 Å². The molecule has 246 valence electrons. The van der Waals surface area contributed by atoms with Gasteiger partial charge in [0.25, 0.3) is 0 Å². The van der Waals surface area contributed by atoms with Crippen LogP contribution in [-0.4, -0.2) is 4.57 Å². The van der Waals surface area contributed by atoms with Crippen LogP contribution >= 0.6 is 12.2 Å². The van der Waals surface area contributed by atoms with E-state index in [2.05, 4.69) is 126 Å². The fourth-order valence-electron chi connectivity index (χ4n) is 5.81. The first-order valence-electron chi connectivity index (χ1n) is 15.6. The number of pyridine rings is 1. The topological polar surface area (TPSA) is 108 Å². The highest BCUT2D eigenvalue weighted by molar-refractivity contribution is 7.71. The Morgan fingerprint density at radius 2 is 1.02 bits per heavy atom. The molecule has 0 saturated heterocycles. The van der Waals surface area contributed by atoms with Crippen molar-refractivity contribution in [2.24, 2.45) is 0 Å². The van der Waals surface area contributed by atoms with Crippen LogP contribution in [0.3, 0.4) is 0 Å². The van der Waals surface area contributed by atoms with Gasteiger partial charge in [-0.25, -0.2) is 23.1 Å². The molecule has 0 unspecified atom stereocenters. The molecule has 0 saturated carbocycles. The van der Waals surface area contributed by atoms with E-state index in [0.717, 1.165) is 43.9 Å². The summed E-state index contributed by atoms with van der Waals surface area (Å²) in [5, 5.41) is 1.20. The number of nitrogens with zero attached hydrogens (tertiary/aromatic N) is 1. The number of rotatable bonds is 4. The highest BCUT2D eigenvalue weighted by Crippen LogP contribution is 2.40. The Hall–Kier alpha value is -5.51. The van der Waals surface area contributed by atoms with Crippen LogP contribution in [0.4, 0.5) is 0 Å². The van der Waals surface area contributed by atoms with Crippen molar-refractivity contribution in [2.75, 3.05) is 0 Å². The lowest BCUT2D eigenvalue weighted by molar-refractivity contribution is -2.00. The third kappa shape index (κ3) is 8.37. The number of benzene rings is 6. The van der Waals surface area contributed by atoms with Crippen LogP contribution in [0.2, 0.25) is 0 Å². The number of hydrogen-bond acceptors (Lipinski definition) is 5. The van der Waals surface area contributed by atoms with Gasteiger partial charge >= 0.3 is 12.0 Å². The van der Waals surface area contributed by atoms with E-state index < -0.39 is 10.2 Å². The van der Waals surface area contributed by atoms with E-state index in [1.54, 1.807) is 6.26 Å². The molecular formula is C42H30ClNO5S. The van der Waals surface area contributed by atoms with Crippen molar-refractivity contribution in [1.29, 1.82) is 0 Å².